The maximum atomic E-state index is 11.4. The molecule has 2 rings (SSSR count). The number of rotatable bonds is 2. The molecule has 0 aromatic heterocycles. The summed E-state index contributed by atoms with van der Waals surface area (Å²) in [4.78, 5) is 11.4. The van der Waals surface area contributed by atoms with Crippen LogP contribution in [0.2, 0.25) is 0 Å². The molecule has 4 nitrogen and oxygen atoms in total. The Hall–Kier alpha value is -1.81. The summed E-state index contributed by atoms with van der Waals surface area (Å²) < 4.78 is 10.5. The highest BCUT2D eigenvalue weighted by Crippen LogP contribution is 2.36. The first-order valence-corrected chi connectivity index (χ1v) is 5.26. The molecule has 0 spiro atoms. The molecule has 0 fully saturated rings. The van der Waals surface area contributed by atoms with Crippen molar-refractivity contribution in [2.75, 3.05) is 7.11 Å². The highest BCUT2D eigenvalue weighted by atomic mass is 16.6. The van der Waals surface area contributed by atoms with Crippen LogP contribution in [-0.4, -0.2) is 23.8 Å². The average molecular weight is 234 g/mol. The van der Waals surface area contributed by atoms with Crippen LogP contribution in [-0.2, 0) is 4.79 Å². The second kappa shape index (κ2) is 3.89. The quantitative estimate of drug-likeness (QED) is 0.847. The molecule has 0 bridgehead atoms. The van der Waals surface area contributed by atoms with Gasteiger partial charge in [0.25, 0.3) is 0 Å². The Labute approximate surface area is 99.5 Å². The lowest BCUT2D eigenvalue weighted by atomic mass is 9.97. The summed E-state index contributed by atoms with van der Waals surface area (Å²) in [6.07, 6.45) is 1.64. The third-order valence-electron chi connectivity index (χ3n) is 2.71. The second-order valence-corrected chi connectivity index (χ2v) is 4.10. The summed E-state index contributed by atoms with van der Waals surface area (Å²) in [5.41, 5.74) is 0.998. The molecule has 0 saturated heterocycles. The van der Waals surface area contributed by atoms with Gasteiger partial charge in [-0.25, -0.2) is 0 Å². The van der Waals surface area contributed by atoms with E-state index in [0.717, 1.165) is 5.56 Å². The summed E-state index contributed by atoms with van der Waals surface area (Å²) in [7, 11) is 1.56. The van der Waals surface area contributed by atoms with Crippen molar-refractivity contribution in [2.24, 2.45) is 0 Å². The van der Waals surface area contributed by atoms with Gasteiger partial charge in [-0.15, -0.1) is 0 Å². The first-order valence-electron chi connectivity index (χ1n) is 5.26. The monoisotopic (exact) mass is 234 g/mol. The van der Waals surface area contributed by atoms with Crippen molar-refractivity contribution >= 4 is 11.9 Å². The molecule has 0 saturated carbocycles. The number of hydrogen-bond acceptors (Lipinski definition) is 4. The van der Waals surface area contributed by atoms with Gasteiger partial charge in [0.05, 0.1) is 12.7 Å². The Morgan fingerprint density at radius 1 is 1.47 bits per heavy atom. The molecule has 1 aromatic rings. The maximum absolute atomic E-state index is 11.4. The molecule has 0 amide bonds. The molecule has 1 aliphatic heterocycles. The molecule has 4 heteroatoms. The predicted octanol–water partition coefficient (Wildman–Crippen LogP) is 1.77. The second-order valence-electron chi connectivity index (χ2n) is 4.10. The number of benzene rings is 1. The van der Waals surface area contributed by atoms with Gasteiger partial charge in [-0.05, 0) is 25.1 Å². The minimum Gasteiger partial charge on any atom is -0.497 e. The first kappa shape index (κ1) is 11.7. The molecule has 90 valence electrons. The molecule has 1 aromatic carbocycles. The van der Waals surface area contributed by atoms with Gasteiger partial charge in [-0.1, -0.05) is 0 Å². The zero-order valence-corrected chi connectivity index (χ0v) is 9.98. The highest BCUT2D eigenvalue weighted by Gasteiger charge is 2.35. The van der Waals surface area contributed by atoms with Crippen LogP contribution in [0.4, 0.5) is 0 Å². The van der Waals surface area contributed by atoms with E-state index < -0.39 is 5.79 Å². The van der Waals surface area contributed by atoms with E-state index in [1.54, 1.807) is 31.4 Å². The number of aliphatic hydroxyl groups is 1. The Morgan fingerprint density at radius 2 is 2.18 bits per heavy atom. The highest BCUT2D eigenvalue weighted by molar-refractivity contribution is 6.00. The number of ether oxygens (including phenoxy) is 2. The van der Waals surface area contributed by atoms with Gasteiger partial charge < -0.3 is 14.6 Å². The van der Waals surface area contributed by atoms with E-state index in [0.29, 0.717) is 11.5 Å². The molecular formula is C13H14O4. The van der Waals surface area contributed by atoms with Crippen LogP contribution in [0, 0.1) is 0 Å². The predicted molar refractivity (Wildman–Crippen MR) is 62.9 cm³/mol. The summed E-state index contributed by atoms with van der Waals surface area (Å²) >= 11 is 0. The SMILES string of the molecule is COc1ccc2c(c1)OC(C)(O)C(C(C)=O)=C2. The minimum atomic E-state index is -1.59. The number of ketones is 1. The van der Waals surface area contributed by atoms with Crippen LogP contribution in [0.25, 0.3) is 6.08 Å². The average Bonchev–Trinajstić information content (AvgIpc) is 2.25. The van der Waals surface area contributed by atoms with Crippen LogP contribution < -0.4 is 9.47 Å². The van der Waals surface area contributed by atoms with Crippen molar-refractivity contribution < 1.29 is 19.4 Å². The summed E-state index contributed by atoms with van der Waals surface area (Å²) in [6, 6.07) is 5.24. The van der Waals surface area contributed by atoms with Gasteiger partial charge in [0.2, 0.25) is 5.79 Å². The van der Waals surface area contributed by atoms with E-state index in [9.17, 15) is 9.90 Å². The third-order valence-corrected chi connectivity index (χ3v) is 2.71. The molecular weight excluding hydrogens is 220 g/mol. The van der Waals surface area contributed by atoms with E-state index in [1.165, 1.54) is 13.8 Å². The van der Waals surface area contributed by atoms with E-state index >= 15 is 0 Å². The summed E-state index contributed by atoms with van der Waals surface area (Å²) in [5, 5.41) is 10.1. The lowest BCUT2D eigenvalue weighted by molar-refractivity contribution is -0.125. The lowest BCUT2D eigenvalue weighted by Gasteiger charge is -2.31. The van der Waals surface area contributed by atoms with Gasteiger partial charge in [0, 0.05) is 18.6 Å². The Morgan fingerprint density at radius 3 is 2.76 bits per heavy atom. The van der Waals surface area contributed by atoms with Crippen molar-refractivity contribution in [2.45, 2.75) is 19.6 Å². The minimum absolute atomic E-state index is 0.212. The molecule has 17 heavy (non-hydrogen) atoms. The van der Waals surface area contributed by atoms with Crippen LogP contribution in [0.15, 0.2) is 23.8 Å². The van der Waals surface area contributed by atoms with Crippen LogP contribution >= 0.6 is 0 Å². The number of fused-ring (bicyclic) bond motifs is 1. The maximum Gasteiger partial charge on any atom is 0.235 e. The number of carbonyl (C=O) groups is 1. The van der Waals surface area contributed by atoms with Crippen LogP contribution in [0.3, 0.4) is 0 Å². The van der Waals surface area contributed by atoms with Gasteiger partial charge in [0.1, 0.15) is 11.5 Å². The smallest absolute Gasteiger partial charge is 0.235 e. The van der Waals surface area contributed by atoms with E-state index in [2.05, 4.69) is 0 Å². The number of hydrogen-bond donors (Lipinski definition) is 1. The Kier molecular flexibility index (Phi) is 2.67. The van der Waals surface area contributed by atoms with Gasteiger partial charge in [0.15, 0.2) is 5.78 Å². The van der Waals surface area contributed by atoms with Crippen molar-refractivity contribution in [3.8, 4) is 11.5 Å². The lowest BCUT2D eigenvalue weighted by Crippen LogP contribution is -2.39. The van der Waals surface area contributed by atoms with E-state index in [-0.39, 0.29) is 11.4 Å². The van der Waals surface area contributed by atoms with Crippen molar-refractivity contribution in [1.29, 1.82) is 0 Å². The molecule has 1 N–H and O–H groups in total. The number of Topliss-reactive ketones (excluding diaryl/α,β-unsaturated/α-hetero) is 1. The molecule has 1 aliphatic rings. The van der Waals surface area contributed by atoms with Crippen LogP contribution in [0.1, 0.15) is 19.4 Å². The first-order chi connectivity index (χ1) is 7.94. The van der Waals surface area contributed by atoms with Gasteiger partial charge in [-0.3, -0.25) is 4.79 Å². The van der Waals surface area contributed by atoms with E-state index in [4.69, 9.17) is 9.47 Å². The molecule has 0 radical (unpaired) electrons. The fraction of sp³-hybridized carbons (Fsp3) is 0.308. The Bertz CT molecular complexity index is 500. The largest absolute Gasteiger partial charge is 0.497 e. The fourth-order valence-corrected chi connectivity index (χ4v) is 1.84. The van der Waals surface area contributed by atoms with Crippen molar-refractivity contribution in [3.63, 3.8) is 0 Å². The van der Waals surface area contributed by atoms with Gasteiger partial charge in [-0.2, -0.15) is 0 Å². The summed E-state index contributed by atoms with van der Waals surface area (Å²) in [6.45, 7) is 2.85. The Balaban J connectivity index is 2.53. The molecule has 1 heterocycles. The van der Waals surface area contributed by atoms with E-state index in [1.807, 2.05) is 0 Å². The molecule has 1 atom stereocenters. The number of carbonyl (C=O) groups excluding carboxylic acids is 1. The van der Waals surface area contributed by atoms with Crippen molar-refractivity contribution in [1.82, 2.24) is 0 Å². The van der Waals surface area contributed by atoms with Crippen molar-refractivity contribution in [3.05, 3.63) is 29.3 Å². The zero-order chi connectivity index (χ0) is 12.6. The van der Waals surface area contributed by atoms with Gasteiger partial charge >= 0.3 is 0 Å². The standard InChI is InChI=1S/C13H14O4/c1-8(14)11-6-9-4-5-10(16-3)7-12(9)17-13(11,2)15/h4-7,15H,1-3H3. The topological polar surface area (TPSA) is 55.8 Å². The fourth-order valence-electron chi connectivity index (χ4n) is 1.84. The molecule has 0 aliphatic carbocycles. The molecule has 1 unspecified atom stereocenters. The zero-order valence-electron chi connectivity index (χ0n) is 9.98. The summed E-state index contributed by atoms with van der Waals surface area (Å²) in [5.74, 6) is -0.666. The normalized spacial score (nSPS) is 22.2. The third kappa shape index (κ3) is 2.03. The van der Waals surface area contributed by atoms with Crippen LogP contribution in [0.5, 0.6) is 11.5 Å². The number of methoxy groups -OCH3 is 1.